The second-order valence-corrected chi connectivity index (χ2v) is 6.78. The number of hydrogen-bond donors (Lipinski definition) is 2. The van der Waals surface area contributed by atoms with E-state index in [1.165, 1.54) is 11.3 Å². The molecule has 0 fully saturated rings. The molecule has 3 aromatic rings. The molecule has 0 aliphatic heterocycles. The van der Waals surface area contributed by atoms with Crippen molar-refractivity contribution in [1.82, 2.24) is 0 Å². The van der Waals surface area contributed by atoms with Gasteiger partial charge in [-0.2, -0.15) is 0 Å². The number of amides is 1. The molecule has 1 heterocycles. The van der Waals surface area contributed by atoms with Crippen LogP contribution in [0.25, 0.3) is 10.4 Å². The average Bonchev–Trinajstić information content (AvgIpc) is 3.00. The van der Waals surface area contributed by atoms with Gasteiger partial charge in [-0.1, -0.05) is 46.3 Å². The third kappa shape index (κ3) is 3.39. The number of carbonyl (C=O) groups is 2. The SMILES string of the molecule is O=C(Nc1csc(-c2ccc(Br)cc2)c1C(=O)O)c1ccccc1. The van der Waals surface area contributed by atoms with Gasteiger partial charge in [0.05, 0.1) is 10.6 Å². The molecule has 0 atom stereocenters. The summed E-state index contributed by atoms with van der Waals surface area (Å²) in [6.45, 7) is 0. The molecule has 0 saturated carbocycles. The zero-order valence-electron chi connectivity index (χ0n) is 12.3. The van der Waals surface area contributed by atoms with Crippen LogP contribution in [0, 0.1) is 0 Å². The second-order valence-electron chi connectivity index (χ2n) is 4.99. The minimum atomic E-state index is -1.07. The van der Waals surface area contributed by atoms with Crippen LogP contribution in [0.4, 0.5) is 5.69 Å². The molecule has 24 heavy (non-hydrogen) atoms. The fourth-order valence-corrected chi connectivity index (χ4v) is 3.52. The van der Waals surface area contributed by atoms with E-state index < -0.39 is 5.97 Å². The highest BCUT2D eigenvalue weighted by molar-refractivity contribution is 9.10. The van der Waals surface area contributed by atoms with E-state index in [0.29, 0.717) is 16.1 Å². The number of benzene rings is 2. The van der Waals surface area contributed by atoms with E-state index >= 15 is 0 Å². The Balaban J connectivity index is 1.96. The van der Waals surface area contributed by atoms with E-state index in [4.69, 9.17) is 0 Å². The highest BCUT2D eigenvalue weighted by Gasteiger charge is 2.21. The highest BCUT2D eigenvalue weighted by Crippen LogP contribution is 2.36. The van der Waals surface area contributed by atoms with E-state index in [1.54, 1.807) is 29.6 Å². The van der Waals surface area contributed by atoms with Crippen LogP contribution in [-0.4, -0.2) is 17.0 Å². The smallest absolute Gasteiger partial charge is 0.339 e. The summed E-state index contributed by atoms with van der Waals surface area (Å²) in [4.78, 5) is 24.6. The lowest BCUT2D eigenvalue weighted by Gasteiger charge is -2.06. The largest absolute Gasteiger partial charge is 0.478 e. The van der Waals surface area contributed by atoms with Gasteiger partial charge in [-0.05, 0) is 29.8 Å². The first-order valence-corrected chi connectivity index (χ1v) is 8.70. The average molecular weight is 402 g/mol. The van der Waals surface area contributed by atoms with Gasteiger partial charge >= 0.3 is 5.97 Å². The summed E-state index contributed by atoms with van der Waals surface area (Å²) in [6, 6.07) is 16.1. The lowest BCUT2D eigenvalue weighted by molar-refractivity contribution is 0.0699. The normalized spacial score (nSPS) is 10.4. The van der Waals surface area contributed by atoms with Gasteiger partial charge in [-0.3, -0.25) is 4.79 Å². The molecule has 0 saturated heterocycles. The van der Waals surface area contributed by atoms with Crippen LogP contribution in [-0.2, 0) is 0 Å². The van der Waals surface area contributed by atoms with Crippen molar-refractivity contribution in [2.45, 2.75) is 0 Å². The Labute approximate surface area is 150 Å². The predicted octanol–water partition coefficient (Wildman–Crippen LogP) is 5.13. The van der Waals surface area contributed by atoms with Gasteiger partial charge < -0.3 is 10.4 Å². The molecular formula is C18H12BrNO3S. The minimum absolute atomic E-state index is 0.103. The predicted molar refractivity (Wildman–Crippen MR) is 98.8 cm³/mol. The number of anilines is 1. The number of thiophene rings is 1. The van der Waals surface area contributed by atoms with Crippen molar-refractivity contribution in [3.63, 3.8) is 0 Å². The molecule has 1 amide bonds. The van der Waals surface area contributed by atoms with Crippen molar-refractivity contribution in [2.75, 3.05) is 5.32 Å². The molecule has 1 aromatic heterocycles. The number of carboxylic acid groups (broad SMARTS) is 1. The van der Waals surface area contributed by atoms with Crippen LogP contribution >= 0.6 is 27.3 Å². The molecule has 0 aliphatic carbocycles. The van der Waals surface area contributed by atoms with Gasteiger partial charge in [0.2, 0.25) is 0 Å². The Bertz CT molecular complexity index is 888. The molecule has 0 spiro atoms. The molecule has 6 heteroatoms. The van der Waals surface area contributed by atoms with Crippen LogP contribution in [0.2, 0.25) is 0 Å². The Morgan fingerprint density at radius 2 is 1.67 bits per heavy atom. The molecule has 0 radical (unpaired) electrons. The number of aromatic carboxylic acids is 1. The fourth-order valence-electron chi connectivity index (χ4n) is 2.26. The number of carboxylic acids is 1. The van der Waals surface area contributed by atoms with Gasteiger partial charge in [0, 0.05) is 15.4 Å². The first-order valence-electron chi connectivity index (χ1n) is 7.03. The molecule has 3 rings (SSSR count). The summed E-state index contributed by atoms with van der Waals surface area (Å²) in [7, 11) is 0. The summed E-state index contributed by atoms with van der Waals surface area (Å²) in [5, 5.41) is 13.9. The summed E-state index contributed by atoms with van der Waals surface area (Å²) in [6.07, 6.45) is 0. The van der Waals surface area contributed by atoms with Crippen molar-refractivity contribution >= 4 is 44.8 Å². The minimum Gasteiger partial charge on any atom is -0.478 e. The van der Waals surface area contributed by atoms with E-state index in [1.807, 2.05) is 30.3 Å². The van der Waals surface area contributed by atoms with E-state index in [9.17, 15) is 14.7 Å². The maximum absolute atomic E-state index is 12.3. The summed E-state index contributed by atoms with van der Waals surface area (Å²) in [5.41, 5.74) is 1.68. The van der Waals surface area contributed by atoms with Gasteiger partial charge in [0.25, 0.3) is 5.91 Å². The van der Waals surface area contributed by atoms with Crippen LogP contribution in [0.15, 0.2) is 64.5 Å². The number of hydrogen-bond acceptors (Lipinski definition) is 3. The van der Waals surface area contributed by atoms with Crippen molar-refractivity contribution in [2.24, 2.45) is 0 Å². The molecule has 0 unspecified atom stereocenters. The maximum Gasteiger partial charge on any atom is 0.339 e. The van der Waals surface area contributed by atoms with Crippen LogP contribution in [0.1, 0.15) is 20.7 Å². The Kier molecular flexibility index (Phi) is 4.78. The zero-order chi connectivity index (χ0) is 17.1. The van der Waals surface area contributed by atoms with E-state index in [0.717, 1.165) is 10.0 Å². The molecule has 0 bridgehead atoms. The standard InChI is InChI=1S/C18H12BrNO3S/c19-13-8-6-11(7-9-13)16-15(18(22)23)14(10-24-16)20-17(21)12-4-2-1-3-5-12/h1-10H,(H,20,21)(H,22,23). The van der Waals surface area contributed by atoms with Crippen molar-refractivity contribution in [1.29, 1.82) is 0 Å². The molecule has 120 valence electrons. The highest BCUT2D eigenvalue weighted by atomic mass is 79.9. The quantitative estimate of drug-likeness (QED) is 0.636. The lowest BCUT2D eigenvalue weighted by Crippen LogP contribution is -2.13. The van der Waals surface area contributed by atoms with Crippen molar-refractivity contribution < 1.29 is 14.7 Å². The third-order valence-corrected chi connectivity index (χ3v) is 4.95. The Morgan fingerprint density at radius 1 is 1.00 bits per heavy atom. The van der Waals surface area contributed by atoms with Crippen LogP contribution in [0.5, 0.6) is 0 Å². The fraction of sp³-hybridized carbons (Fsp3) is 0. The topological polar surface area (TPSA) is 66.4 Å². The molecule has 4 nitrogen and oxygen atoms in total. The Hall–Kier alpha value is -2.44. The first kappa shape index (κ1) is 16.4. The number of nitrogens with one attached hydrogen (secondary N) is 1. The second kappa shape index (κ2) is 6.98. The van der Waals surface area contributed by atoms with Crippen LogP contribution < -0.4 is 5.32 Å². The van der Waals surface area contributed by atoms with E-state index in [-0.39, 0.29) is 11.5 Å². The zero-order valence-corrected chi connectivity index (χ0v) is 14.7. The molecule has 0 aliphatic rings. The van der Waals surface area contributed by atoms with Crippen LogP contribution in [0.3, 0.4) is 0 Å². The molecule has 2 aromatic carbocycles. The summed E-state index contributed by atoms with van der Waals surface area (Å²) in [5.74, 6) is -1.41. The number of carbonyl (C=O) groups excluding carboxylic acids is 1. The van der Waals surface area contributed by atoms with Gasteiger partial charge in [-0.15, -0.1) is 11.3 Å². The van der Waals surface area contributed by atoms with Crippen molar-refractivity contribution in [3.05, 3.63) is 75.6 Å². The Morgan fingerprint density at radius 3 is 2.29 bits per heavy atom. The molecular weight excluding hydrogens is 390 g/mol. The van der Waals surface area contributed by atoms with Gasteiger partial charge in [0.1, 0.15) is 5.56 Å². The maximum atomic E-state index is 12.3. The first-order chi connectivity index (χ1) is 11.6. The van der Waals surface area contributed by atoms with E-state index in [2.05, 4.69) is 21.2 Å². The number of rotatable bonds is 4. The van der Waals surface area contributed by atoms with Gasteiger partial charge in [0.15, 0.2) is 0 Å². The molecule has 2 N–H and O–H groups in total. The summed E-state index contributed by atoms with van der Waals surface area (Å²) < 4.78 is 0.914. The number of halogens is 1. The monoisotopic (exact) mass is 401 g/mol. The van der Waals surface area contributed by atoms with Gasteiger partial charge in [-0.25, -0.2) is 4.79 Å². The van der Waals surface area contributed by atoms with Crippen molar-refractivity contribution in [3.8, 4) is 10.4 Å². The third-order valence-electron chi connectivity index (χ3n) is 3.40. The lowest BCUT2D eigenvalue weighted by atomic mass is 10.1. The summed E-state index contributed by atoms with van der Waals surface area (Å²) >= 11 is 4.65.